The molecule has 0 aromatic rings. The minimum Gasteiger partial charge on any atom is -0.379 e. The van der Waals surface area contributed by atoms with E-state index in [1.54, 1.807) is 6.92 Å². The summed E-state index contributed by atoms with van der Waals surface area (Å²) in [6.07, 6.45) is 0.535. The zero-order valence-electron chi connectivity index (χ0n) is 6.48. The Hall–Kier alpha value is -1.46. The molecule has 0 aliphatic rings. The second kappa shape index (κ2) is 5.22. The van der Waals surface area contributed by atoms with Gasteiger partial charge in [-0.1, -0.05) is 6.92 Å². The summed E-state index contributed by atoms with van der Waals surface area (Å²) < 4.78 is 3.73. The van der Waals surface area contributed by atoms with Crippen LogP contribution in [0.2, 0.25) is 0 Å². The monoisotopic (exact) mass is 174 g/mol. The molecule has 1 atom stereocenters. The normalized spacial score (nSPS) is 11.8. The Morgan fingerprint density at radius 3 is 2.67 bits per heavy atom. The van der Waals surface area contributed by atoms with Crippen LogP contribution in [0.1, 0.15) is 19.8 Å². The number of rotatable bonds is 5. The lowest BCUT2D eigenvalue weighted by Crippen LogP contribution is -2.30. The predicted octanol–water partition coefficient (Wildman–Crippen LogP) is 0.0422. The predicted molar refractivity (Wildman–Crippen MR) is 37.5 cm³/mol. The molecule has 0 aromatic carbocycles. The molecule has 0 rings (SSSR count). The van der Waals surface area contributed by atoms with Crippen molar-refractivity contribution in [2.75, 3.05) is 0 Å². The molecule has 0 amide bonds. The minimum absolute atomic E-state index is 0.0630. The molecule has 0 bridgehead atoms. The summed E-state index contributed by atoms with van der Waals surface area (Å²) in [5.74, 6) is -1.16. The van der Waals surface area contributed by atoms with Crippen molar-refractivity contribution in [3.8, 4) is 0 Å². The molecular formula is C6H8NO5. The lowest BCUT2D eigenvalue weighted by Gasteiger charge is -2.02. The first-order chi connectivity index (χ1) is 5.63. The highest BCUT2D eigenvalue weighted by Crippen LogP contribution is 2.02. The zero-order valence-corrected chi connectivity index (χ0v) is 6.48. The molecule has 0 aliphatic carbocycles. The Bertz CT molecular complexity index is 190. The number of nitrogens with zero attached hydrogens (tertiary/aromatic N) is 1. The summed E-state index contributed by atoms with van der Waals surface area (Å²) >= 11 is 0. The fourth-order valence-corrected chi connectivity index (χ4v) is 0.692. The molecule has 0 saturated heterocycles. The number of hydrogen-bond donors (Lipinski definition) is 0. The van der Waals surface area contributed by atoms with Gasteiger partial charge in [-0.05, 0) is 6.42 Å². The van der Waals surface area contributed by atoms with Gasteiger partial charge in [0, 0.05) is 11.3 Å². The van der Waals surface area contributed by atoms with Crippen LogP contribution in [0.5, 0.6) is 0 Å². The molecule has 0 aliphatic heterocycles. The number of nitro groups is 1. The van der Waals surface area contributed by atoms with Gasteiger partial charge in [-0.15, -0.1) is 0 Å². The molecule has 6 nitrogen and oxygen atoms in total. The molecule has 0 fully saturated rings. The highest BCUT2D eigenvalue weighted by molar-refractivity contribution is 5.80. The lowest BCUT2D eigenvalue weighted by molar-refractivity contribution is -0.510. The van der Waals surface area contributed by atoms with Gasteiger partial charge in [0.25, 0.3) is 0 Å². The summed E-state index contributed by atoms with van der Waals surface area (Å²) in [7, 11) is 0. The van der Waals surface area contributed by atoms with Crippen molar-refractivity contribution in [3.63, 3.8) is 0 Å². The third kappa shape index (κ3) is 3.09. The van der Waals surface area contributed by atoms with Crippen molar-refractivity contribution in [3.05, 3.63) is 10.1 Å². The van der Waals surface area contributed by atoms with E-state index in [1.807, 2.05) is 0 Å². The molecule has 0 N–H and O–H groups in total. The smallest absolute Gasteiger partial charge is 0.379 e. The number of hydrogen-bond acceptors (Lipinski definition) is 5. The molecule has 6 heteroatoms. The van der Waals surface area contributed by atoms with E-state index in [9.17, 15) is 19.7 Å². The average molecular weight is 174 g/mol. The van der Waals surface area contributed by atoms with Gasteiger partial charge >= 0.3 is 18.5 Å². The van der Waals surface area contributed by atoms with Crippen LogP contribution in [0.3, 0.4) is 0 Å². The largest absolute Gasteiger partial charge is 0.425 e. The maximum atomic E-state index is 10.6. The molecule has 67 valence electrons. The first kappa shape index (κ1) is 10.5. The van der Waals surface area contributed by atoms with Gasteiger partial charge in [0.1, 0.15) is 0 Å². The minimum atomic E-state index is -1.45. The second-order valence-corrected chi connectivity index (χ2v) is 2.09. The van der Waals surface area contributed by atoms with Gasteiger partial charge < -0.3 is 4.74 Å². The van der Waals surface area contributed by atoms with E-state index < -0.39 is 16.9 Å². The van der Waals surface area contributed by atoms with E-state index in [0.29, 0.717) is 6.42 Å². The van der Waals surface area contributed by atoms with Crippen LogP contribution in [0, 0.1) is 10.1 Å². The molecule has 0 saturated carbocycles. The van der Waals surface area contributed by atoms with E-state index in [1.165, 1.54) is 0 Å². The average Bonchev–Trinajstić information content (AvgIpc) is 1.99. The number of ether oxygens (including phenoxy) is 1. The van der Waals surface area contributed by atoms with Crippen molar-refractivity contribution in [1.29, 1.82) is 0 Å². The second-order valence-electron chi connectivity index (χ2n) is 2.09. The van der Waals surface area contributed by atoms with Gasteiger partial charge in [-0.25, -0.2) is 9.59 Å². The van der Waals surface area contributed by atoms with Crippen LogP contribution in [-0.4, -0.2) is 23.4 Å². The fourth-order valence-electron chi connectivity index (χ4n) is 0.692. The van der Waals surface area contributed by atoms with Gasteiger partial charge in [-0.2, -0.15) is 0 Å². The SMILES string of the molecule is CCCC(C(=O)O[C]=O)[N+](=O)[O-]. The van der Waals surface area contributed by atoms with Crippen molar-refractivity contribution in [2.45, 2.75) is 25.8 Å². The maximum absolute atomic E-state index is 10.6. The third-order valence-corrected chi connectivity index (χ3v) is 1.23. The van der Waals surface area contributed by atoms with Crippen molar-refractivity contribution in [1.82, 2.24) is 0 Å². The van der Waals surface area contributed by atoms with Crippen LogP contribution in [-0.2, 0) is 14.3 Å². The Labute approximate surface area is 68.7 Å². The van der Waals surface area contributed by atoms with Crippen LogP contribution >= 0.6 is 0 Å². The van der Waals surface area contributed by atoms with Crippen molar-refractivity contribution >= 4 is 12.4 Å². The molecular weight excluding hydrogens is 166 g/mol. The van der Waals surface area contributed by atoms with Gasteiger partial charge in [0.05, 0.1) is 0 Å². The topological polar surface area (TPSA) is 86.5 Å². The summed E-state index contributed by atoms with van der Waals surface area (Å²) in [6, 6.07) is -1.45. The third-order valence-electron chi connectivity index (χ3n) is 1.23. The van der Waals surface area contributed by atoms with Gasteiger partial charge in [-0.3, -0.25) is 10.1 Å². The quantitative estimate of drug-likeness (QED) is 0.254. The maximum Gasteiger partial charge on any atom is 0.425 e. The van der Waals surface area contributed by atoms with E-state index in [2.05, 4.69) is 4.74 Å². The Morgan fingerprint density at radius 1 is 1.75 bits per heavy atom. The number of carbonyl (C=O) groups excluding carboxylic acids is 2. The van der Waals surface area contributed by atoms with Crippen LogP contribution in [0.25, 0.3) is 0 Å². The van der Waals surface area contributed by atoms with E-state index in [-0.39, 0.29) is 6.42 Å². The van der Waals surface area contributed by atoms with Gasteiger partial charge in [0.15, 0.2) is 0 Å². The zero-order chi connectivity index (χ0) is 9.56. The highest BCUT2D eigenvalue weighted by atomic mass is 16.6. The Morgan fingerprint density at radius 2 is 2.33 bits per heavy atom. The van der Waals surface area contributed by atoms with Crippen LogP contribution in [0.15, 0.2) is 0 Å². The molecule has 0 aromatic heterocycles. The van der Waals surface area contributed by atoms with Crippen LogP contribution in [0.4, 0.5) is 0 Å². The van der Waals surface area contributed by atoms with Gasteiger partial charge in [0.2, 0.25) is 0 Å². The number of esters is 1. The highest BCUT2D eigenvalue weighted by Gasteiger charge is 2.30. The first-order valence-electron chi connectivity index (χ1n) is 3.34. The van der Waals surface area contributed by atoms with Crippen molar-refractivity contribution in [2.24, 2.45) is 0 Å². The summed E-state index contributed by atoms with van der Waals surface area (Å²) in [6.45, 7) is 2.55. The van der Waals surface area contributed by atoms with E-state index in [0.717, 1.165) is 6.47 Å². The van der Waals surface area contributed by atoms with Crippen molar-refractivity contribution < 1.29 is 19.2 Å². The summed E-state index contributed by atoms with van der Waals surface area (Å²) in [5.41, 5.74) is 0. The molecule has 1 radical (unpaired) electrons. The number of carbonyl (C=O) groups is 1. The Balaban J connectivity index is 4.18. The first-order valence-corrected chi connectivity index (χ1v) is 3.34. The standard InChI is InChI=1S/C6H8NO5/c1-2-3-5(7(10)11)6(9)12-4-8/h5H,2-3H2,1H3. The summed E-state index contributed by atoms with van der Waals surface area (Å²) in [5, 5.41) is 10.2. The Kier molecular flexibility index (Phi) is 4.59. The fraction of sp³-hybridized carbons (Fsp3) is 0.667. The van der Waals surface area contributed by atoms with E-state index in [4.69, 9.17) is 0 Å². The van der Waals surface area contributed by atoms with E-state index >= 15 is 0 Å². The molecule has 1 unspecified atom stereocenters. The molecule has 0 heterocycles. The lowest BCUT2D eigenvalue weighted by atomic mass is 10.2. The molecule has 12 heavy (non-hydrogen) atoms. The summed E-state index contributed by atoms with van der Waals surface area (Å²) in [4.78, 5) is 29.6. The van der Waals surface area contributed by atoms with Crippen LogP contribution < -0.4 is 0 Å². The molecule has 0 spiro atoms.